The smallest absolute Gasteiger partial charge is 0.418 e. The number of aromatic nitrogens is 12. The van der Waals surface area contributed by atoms with Crippen molar-refractivity contribution < 1.29 is 44.3 Å². The van der Waals surface area contributed by atoms with Crippen LogP contribution in [-0.4, -0.2) is 87.2 Å². The fraction of sp³-hybridized carbons (Fsp3) is 0.200. The maximum Gasteiger partial charge on any atom is 0.418 e. The molecule has 0 saturated heterocycles. The molecule has 9 rings (SSSR count). The minimum atomic E-state index is -4.59. The Labute approximate surface area is 399 Å². The Morgan fingerprint density at radius 2 is 1.00 bits per heavy atom. The number of nitrogens with zero attached hydrogens (tertiary/aromatic N) is 13. The fourth-order valence-corrected chi connectivity index (χ4v) is 6.73. The van der Waals surface area contributed by atoms with E-state index in [9.17, 15) is 39.5 Å². The van der Waals surface area contributed by atoms with E-state index in [0.29, 0.717) is 39.6 Å². The molecule has 27 heteroatoms. The first-order valence-corrected chi connectivity index (χ1v) is 20.7. The Bertz CT molecular complexity index is 3320. The normalized spacial score (nSPS) is 11.4. The van der Waals surface area contributed by atoms with E-state index < -0.39 is 35.2 Å². The predicted molar refractivity (Wildman–Crippen MR) is 240 cm³/mol. The molecule has 9 heterocycles. The Kier molecular flexibility index (Phi) is 15.0. The summed E-state index contributed by atoms with van der Waals surface area (Å²) < 4.78 is 125. The standard InChI is InChI=1S/2C15H11F3N6.C15H10F3N5O/c1-24(8-6-19)11-5-4-10(15(16,17)18)13(21-11)12-9-3-2-7-20-14(9)23-22-12;16-15(17,18)10-4-5-11(20-8-2-6-19)22-13(10)12-9-3-1-7-21-14(9)24-23-12;16-15(17,18)10-4-5-11(24-8-2-6-19)21-13(10)12-9-3-1-7-20-14(9)23-22-12/h2-5,7H,8H2,1H3,(H,20,22,23);1,3-5,7H,2,8H2,(H,20,22)(H,21,23,24);1,3-5,7H,2,8H2,(H,20,22,23). The lowest BCUT2D eigenvalue weighted by Gasteiger charge is -2.18. The van der Waals surface area contributed by atoms with Crippen LogP contribution in [0.15, 0.2) is 91.4 Å². The molecule has 366 valence electrons. The molecule has 0 radical (unpaired) electrons. The van der Waals surface area contributed by atoms with Gasteiger partial charge in [-0.3, -0.25) is 15.3 Å². The first kappa shape index (κ1) is 50.4. The van der Waals surface area contributed by atoms with Gasteiger partial charge in [0.1, 0.15) is 41.9 Å². The summed E-state index contributed by atoms with van der Waals surface area (Å²) in [4.78, 5) is 25.6. The van der Waals surface area contributed by atoms with Gasteiger partial charge in [-0.2, -0.15) is 70.6 Å². The molecule has 0 aliphatic rings. The molecule has 0 aliphatic heterocycles. The van der Waals surface area contributed by atoms with Crippen LogP contribution in [0.25, 0.3) is 67.3 Å². The second kappa shape index (κ2) is 21.5. The first-order chi connectivity index (χ1) is 34.4. The van der Waals surface area contributed by atoms with Gasteiger partial charge in [0.15, 0.2) is 16.9 Å². The van der Waals surface area contributed by atoms with Crippen molar-refractivity contribution in [3.8, 4) is 58.3 Å². The summed E-state index contributed by atoms with van der Waals surface area (Å²) in [6.07, 6.45) is -8.90. The van der Waals surface area contributed by atoms with E-state index in [1.54, 1.807) is 43.4 Å². The largest absolute Gasteiger partial charge is 0.477 e. The highest BCUT2D eigenvalue weighted by atomic mass is 19.4. The zero-order valence-electron chi connectivity index (χ0n) is 36.8. The summed E-state index contributed by atoms with van der Waals surface area (Å²) in [5.74, 6) is 0.506. The van der Waals surface area contributed by atoms with Crippen molar-refractivity contribution in [2.75, 3.05) is 37.0 Å². The van der Waals surface area contributed by atoms with Crippen molar-refractivity contribution >= 4 is 44.7 Å². The molecular formula is C45H32F9N17O. The molecule has 9 aromatic heterocycles. The second-order valence-electron chi connectivity index (χ2n) is 14.7. The lowest BCUT2D eigenvalue weighted by molar-refractivity contribution is -0.138. The van der Waals surface area contributed by atoms with Crippen LogP contribution in [0, 0.1) is 34.0 Å². The monoisotopic (exact) mass is 997 g/mol. The summed E-state index contributed by atoms with van der Waals surface area (Å²) in [6.45, 7) is 0.336. The Hall–Kier alpha value is -9.45. The van der Waals surface area contributed by atoms with Gasteiger partial charge in [0.2, 0.25) is 5.88 Å². The fourth-order valence-electron chi connectivity index (χ4n) is 6.73. The number of alkyl halides is 9. The van der Waals surface area contributed by atoms with E-state index in [2.05, 4.69) is 65.8 Å². The third-order valence-electron chi connectivity index (χ3n) is 9.97. The van der Waals surface area contributed by atoms with Gasteiger partial charge < -0.3 is 15.0 Å². The van der Waals surface area contributed by atoms with Gasteiger partial charge in [0.05, 0.1) is 64.8 Å². The second-order valence-corrected chi connectivity index (χ2v) is 14.7. The van der Waals surface area contributed by atoms with Gasteiger partial charge in [-0.05, 0) is 66.7 Å². The number of rotatable bonds is 11. The van der Waals surface area contributed by atoms with Crippen LogP contribution in [0.3, 0.4) is 0 Å². The molecule has 0 atom stereocenters. The van der Waals surface area contributed by atoms with Crippen LogP contribution in [0.5, 0.6) is 5.88 Å². The molecule has 0 unspecified atom stereocenters. The molecule has 0 bridgehead atoms. The Morgan fingerprint density at radius 1 is 0.556 bits per heavy atom. The Morgan fingerprint density at radius 3 is 1.46 bits per heavy atom. The quantitative estimate of drug-likeness (QED) is 0.0534. The van der Waals surface area contributed by atoms with Crippen molar-refractivity contribution in [1.29, 1.82) is 15.8 Å². The number of anilines is 2. The van der Waals surface area contributed by atoms with E-state index in [0.717, 1.165) is 24.3 Å². The van der Waals surface area contributed by atoms with Crippen LogP contribution in [-0.2, 0) is 18.5 Å². The molecule has 0 amide bonds. The van der Waals surface area contributed by atoms with E-state index in [1.165, 1.54) is 35.6 Å². The highest BCUT2D eigenvalue weighted by molar-refractivity contribution is 5.92. The third-order valence-corrected chi connectivity index (χ3v) is 9.97. The van der Waals surface area contributed by atoms with Crippen LogP contribution < -0.4 is 15.0 Å². The number of nitrogens with one attached hydrogen (secondary N) is 4. The van der Waals surface area contributed by atoms with Crippen molar-refractivity contribution in [3.05, 3.63) is 108 Å². The van der Waals surface area contributed by atoms with Gasteiger partial charge >= 0.3 is 18.5 Å². The van der Waals surface area contributed by atoms with Gasteiger partial charge in [-0.15, -0.1) is 0 Å². The number of aromatic amines is 3. The SMILES string of the molecule is CN(CC#N)c1ccc(C(F)(F)F)c(-c2[nH]nc3ncccc23)n1.N#CCCNc1ccc(C(F)(F)F)c(-c2[nH]nc3ncccc23)n1.N#CCCOc1ccc(C(F)(F)F)c(-c2[nH]nc3ncccc23)n1. The highest BCUT2D eigenvalue weighted by Crippen LogP contribution is 2.41. The lowest BCUT2D eigenvalue weighted by atomic mass is 10.1. The molecule has 18 nitrogen and oxygen atoms in total. The predicted octanol–water partition coefficient (Wildman–Crippen LogP) is 9.69. The number of H-pyrrole nitrogens is 3. The van der Waals surface area contributed by atoms with Crippen molar-refractivity contribution in [3.63, 3.8) is 0 Å². The molecule has 9 aromatic rings. The molecule has 0 saturated carbocycles. The molecule has 4 N–H and O–H groups in total. The maximum absolute atomic E-state index is 13.4. The molecule has 0 aliphatic carbocycles. The van der Waals surface area contributed by atoms with Crippen LogP contribution in [0.1, 0.15) is 29.5 Å². The van der Waals surface area contributed by atoms with Crippen molar-refractivity contribution in [2.24, 2.45) is 0 Å². The number of hydrogen-bond donors (Lipinski definition) is 4. The molecule has 72 heavy (non-hydrogen) atoms. The average molecular weight is 998 g/mol. The van der Waals surface area contributed by atoms with E-state index in [1.807, 2.05) is 18.2 Å². The van der Waals surface area contributed by atoms with Gasteiger partial charge in [-0.25, -0.2) is 29.9 Å². The van der Waals surface area contributed by atoms with Gasteiger partial charge in [0, 0.05) is 54.4 Å². The molecule has 0 aromatic carbocycles. The summed E-state index contributed by atoms with van der Waals surface area (Å²) >= 11 is 0. The highest BCUT2D eigenvalue weighted by Gasteiger charge is 2.38. The van der Waals surface area contributed by atoms with Crippen LogP contribution in [0.2, 0.25) is 0 Å². The molecular weight excluding hydrogens is 966 g/mol. The maximum atomic E-state index is 13.4. The first-order valence-electron chi connectivity index (χ1n) is 20.7. The number of pyridine rings is 6. The van der Waals surface area contributed by atoms with E-state index in [-0.39, 0.29) is 77.7 Å². The summed E-state index contributed by atoms with van der Waals surface area (Å²) in [5, 5.41) is 49.4. The van der Waals surface area contributed by atoms with Crippen LogP contribution in [0.4, 0.5) is 51.1 Å². The molecule has 0 fully saturated rings. The van der Waals surface area contributed by atoms with E-state index >= 15 is 0 Å². The lowest BCUT2D eigenvalue weighted by Crippen LogP contribution is -2.19. The van der Waals surface area contributed by atoms with Crippen molar-refractivity contribution in [2.45, 2.75) is 31.4 Å². The average Bonchev–Trinajstić information content (AvgIpc) is 4.11. The number of halogens is 9. The minimum absolute atomic E-state index is 0.000102. The van der Waals surface area contributed by atoms with Gasteiger partial charge in [0.25, 0.3) is 0 Å². The number of hydrogen-bond acceptors (Lipinski definition) is 15. The summed E-state index contributed by atoms with van der Waals surface area (Å²) in [6, 6.07) is 21.8. The Balaban J connectivity index is 0.000000158. The van der Waals surface area contributed by atoms with E-state index in [4.69, 9.17) is 20.5 Å². The number of nitriles is 3. The number of ether oxygens (including phenoxy) is 1. The molecule has 0 spiro atoms. The minimum Gasteiger partial charge on any atom is -0.477 e. The van der Waals surface area contributed by atoms with Gasteiger partial charge in [-0.1, -0.05) is 0 Å². The zero-order chi connectivity index (χ0) is 51.6. The van der Waals surface area contributed by atoms with Crippen LogP contribution >= 0.6 is 0 Å². The summed E-state index contributed by atoms with van der Waals surface area (Å²) in [7, 11) is 1.58. The summed E-state index contributed by atoms with van der Waals surface area (Å²) in [5.41, 5.74) is -2.24. The zero-order valence-corrected chi connectivity index (χ0v) is 36.8. The van der Waals surface area contributed by atoms with Crippen molar-refractivity contribution in [1.82, 2.24) is 60.5 Å². The third kappa shape index (κ3) is 11.5. The number of fused-ring (bicyclic) bond motifs is 3. The topological polar surface area (TPSA) is 259 Å².